The number of allylic oxidation sites excluding steroid dienone is 2. The summed E-state index contributed by atoms with van der Waals surface area (Å²) >= 11 is 0. The first-order valence-electron chi connectivity index (χ1n) is 7.43. The van der Waals surface area contributed by atoms with Crippen LogP contribution in [0.4, 0.5) is 0 Å². The largest absolute Gasteiger partial charge is 0.497 e. The Balaban J connectivity index is 2.64. The van der Waals surface area contributed by atoms with Gasteiger partial charge in [-0.1, -0.05) is 6.08 Å². The lowest BCUT2D eigenvalue weighted by Gasteiger charge is -2.16. The number of hydrogen-bond donors (Lipinski definition) is 0. The topological polar surface area (TPSA) is 42.0 Å². The molecule has 0 aliphatic heterocycles. The summed E-state index contributed by atoms with van der Waals surface area (Å²) < 4.78 is 10.4. The summed E-state index contributed by atoms with van der Waals surface area (Å²) in [4.78, 5) is 16.0. The molecule has 0 saturated heterocycles. The highest BCUT2D eigenvalue weighted by Crippen LogP contribution is 2.23. The summed E-state index contributed by atoms with van der Waals surface area (Å²) in [6, 6.07) is 5.48. The first-order chi connectivity index (χ1) is 10.9. The van der Waals surface area contributed by atoms with E-state index in [9.17, 15) is 4.79 Å². The average Bonchev–Trinajstić information content (AvgIpc) is 2.55. The van der Waals surface area contributed by atoms with Crippen molar-refractivity contribution in [2.75, 3.05) is 48.5 Å². The molecule has 1 aromatic carbocycles. The second kappa shape index (κ2) is 9.69. The second-order valence-electron chi connectivity index (χ2n) is 5.48. The quantitative estimate of drug-likeness (QED) is 0.654. The SMILES string of the molecule is COc1cc(/C=C/C(=O)/C=C/N(C)CCN(C)C)cc(OC)c1. The first-order valence-corrected chi connectivity index (χ1v) is 7.43. The Bertz CT molecular complexity index is 543. The van der Waals surface area contributed by atoms with Crippen LogP contribution in [0.1, 0.15) is 5.56 Å². The predicted octanol–water partition coefficient (Wildman–Crippen LogP) is 2.29. The molecule has 5 heteroatoms. The molecule has 1 rings (SSSR count). The number of carbonyl (C=O) groups excluding carboxylic acids is 1. The first kappa shape index (κ1) is 18.8. The molecule has 0 aliphatic rings. The van der Waals surface area contributed by atoms with Crippen molar-refractivity contribution in [3.8, 4) is 11.5 Å². The summed E-state index contributed by atoms with van der Waals surface area (Å²) in [5.41, 5.74) is 0.851. The fraction of sp³-hybridized carbons (Fsp3) is 0.389. The maximum absolute atomic E-state index is 11.9. The molecule has 0 N–H and O–H groups in total. The summed E-state index contributed by atoms with van der Waals surface area (Å²) in [7, 11) is 9.19. The number of nitrogens with zero attached hydrogens (tertiary/aromatic N) is 2. The molecule has 1 aromatic rings. The number of benzene rings is 1. The van der Waals surface area contributed by atoms with Gasteiger partial charge in [0.15, 0.2) is 5.78 Å². The van der Waals surface area contributed by atoms with Crippen LogP contribution < -0.4 is 9.47 Å². The van der Waals surface area contributed by atoms with E-state index in [4.69, 9.17) is 9.47 Å². The van der Waals surface area contributed by atoms with Gasteiger partial charge in [0, 0.05) is 38.5 Å². The molecule has 23 heavy (non-hydrogen) atoms. The van der Waals surface area contributed by atoms with E-state index in [1.807, 2.05) is 38.2 Å². The maximum atomic E-state index is 11.9. The molecular formula is C18H26N2O3. The van der Waals surface area contributed by atoms with Gasteiger partial charge in [-0.15, -0.1) is 0 Å². The molecule has 0 unspecified atom stereocenters. The van der Waals surface area contributed by atoms with Crippen LogP contribution in [0.25, 0.3) is 6.08 Å². The Kier molecular flexibility index (Phi) is 7.91. The Morgan fingerprint density at radius 2 is 1.61 bits per heavy atom. The summed E-state index contributed by atoms with van der Waals surface area (Å²) in [6.07, 6.45) is 6.63. The standard InChI is InChI=1S/C18H26N2O3/c1-19(2)10-11-20(3)9-8-16(21)7-6-15-12-17(22-4)14-18(13-15)23-5/h6-9,12-14H,10-11H2,1-5H3/b7-6+,9-8+. The van der Waals surface area contributed by atoms with Crippen molar-refractivity contribution < 1.29 is 14.3 Å². The number of methoxy groups -OCH3 is 2. The monoisotopic (exact) mass is 318 g/mol. The highest BCUT2D eigenvalue weighted by Gasteiger charge is 2.00. The zero-order valence-electron chi connectivity index (χ0n) is 14.6. The van der Waals surface area contributed by atoms with Crippen LogP contribution in [0.3, 0.4) is 0 Å². The predicted molar refractivity (Wildman–Crippen MR) is 93.9 cm³/mol. The molecule has 0 saturated carbocycles. The number of ether oxygens (including phenoxy) is 2. The number of rotatable bonds is 9. The molecule has 0 fully saturated rings. The molecule has 0 heterocycles. The van der Waals surface area contributed by atoms with E-state index < -0.39 is 0 Å². The Morgan fingerprint density at radius 1 is 1.00 bits per heavy atom. The lowest BCUT2D eigenvalue weighted by molar-refractivity contribution is -0.110. The lowest BCUT2D eigenvalue weighted by Crippen LogP contribution is -2.25. The van der Waals surface area contributed by atoms with Crippen LogP contribution in [-0.4, -0.2) is 64.0 Å². The highest BCUT2D eigenvalue weighted by molar-refractivity contribution is 6.01. The van der Waals surface area contributed by atoms with Gasteiger partial charge in [-0.05, 0) is 37.9 Å². The third kappa shape index (κ3) is 7.51. The zero-order chi connectivity index (χ0) is 17.2. The third-order valence-electron chi connectivity index (χ3n) is 3.21. The average molecular weight is 318 g/mol. The molecule has 0 spiro atoms. The lowest BCUT2D eigenvalue weighted by atomic mass is 10.1. The molecule has 0 radical (unpaired) electrons. The number of hydrogen-bond acceptors (Lipinski definition) is 5. The smallest absolute Gasteiger partial charge is 0.180 e. The molecule has 0 atom stereocenters. The van der Waals surface area contributed by atoms with Crippen LogP contribution in [-0.2, 0) is 4.79 Å². The fourth-order valence-electron chi connectivity index (χ4n) is 1.79. The van der Waals surface area contributed by atoms with Crippen molar-refractivity contribution in [3.05, 3.63) is 42.1 Å². The van der Waals surface area contributed by atoms with Crippen molar-refractivity contribution in [2.45, 2.75) is 0 Å². The van der Waals surface area contributed by atoms with Gasteiger partial charge in [0.1, 0.15) is 11.5 Å². The van der Waals surface area contributed by atoms with Gasteiger partial charge in [0.2, 0.25) is 0 Å². The minimum Gasteiger partial charge on any atom is -0.497 e. The minimum atomic E-state index is -0.0662. The van der Waals surface area contributed by atoms with E-state index in [-0.39, 0.29) is 5.78 Å². The molecular weight excluding hydrogens is 292 g/mol. The van der Waals surface area contributed by atoms with Gasteiger partial charge in [-0.2, -0.15) is 0 Å². The molecule has 0 bridgehead atoms. The highest BCUT2D eigenvalue weighted by atomic mass is 16.5. The Hall–Kier alpha value is -2.27. The van der Waals surface area contributed by atoms with Crippen molar-refractivity contribution in [2.24, 2.45) is 0 Å². The number of likely N-dealkylation sites (N-methyl/N-ethyl adjacent to an activating group) is 2. The molecule has 0 aromatic heterocycles. The van der Waals surface area contributed by atoms with Crippen LogP contribution in [0.2, 0.25) is 0 Å². The van der Waals surface area contributed by atoms with Gasteiger partial charge in [0.25, 0.3) is 0 Å². The van der Waals surface area contributed by atoms with E-state index in [1.54, 1.807) is 38.6 Å². The number of ketones is 1. The van der Waals surface area contributed by atoms with Crippen LogP contribution in [0, 0.1) is 0 Å². The summed E-state index contributed by atoms with van der Waals surface area (Å²) in [5, 5.41) is 0. The van der Waals surface area contributed by atoms with Crippen molar-refractivity contribution in [1.29, 1.82) is 0 Å². The van der Waals surface area contributed by atoms with E-state index in [0.29, 0.717) is 11.5 Å². The summed E-state index contributed by atoms with van der Waals surface area (Å²) in [5.74, 6) is 1.31. The molecule has 126 valence electrons. The van der Waals surface area contributed by atoms with Crippen molar-refractivity contribution in [1.82, 2.24) is 9.80 Å². The van der Waals surface area contributed by atoms with E-state index in [0.717, 1.165) is 18.7 Å². The maximum Gasteiger partial charge on any atom is 0.180 e. The van der Waals surface area contributed by atoms with Gasteiger partial charge >= 0.3 is 0 Å². The molecule has 0 aliphatic carbocycles. The van der Waals surface area contributed by atoms with Crippen molar-refractivity contribution in [3.63, 3.8) is 0 Å². The van der Waals surface area contributed by atoms with E-state index >= 15 is 0 Å². The number of carbonyl (C=O) groups is 1. The molecule has 0 amide bonds. The Labute approximate surface area is 138 Å². The van der Waals surface area contributed by atoms with Gasteiger partial charge < -0.3 is 19.3 Å². The van der Waals surface area contributed by atoms with Gasteiger partial charge in [0.05, 0.1) is 14.2 Å². The summed E-state index contributed by atoms with van der Waals surface area (Å²) in [6.45, 7) is 1.81. The minimum absolute atomic E-state index is 0.0662. The van der Waals surface area contributed by atoms with Crippen molar-refractivity contribution >= 4 is 11.9 Å². The fourth-order valence-corrected chi connectivity index (χ4v) is 1.79. The van der Waals surface area contributed by atoms with Gasteiger partial charge in [-0.25, -0.2) is 0 Å². The van der Waals surface area contributed by atoms with E-state index in [2.05, 4.69) is 4.90 Å². The normalized spacial score (nSPS) is 11.4. The third-order valence-corrected chi connectivity index (χ3v) is 3.21. The second-order valence-corrected chi connectivity index (χ2v) is 5.48. The zero-order valence-corrected chi connectivity index (χ0v) is 14.6. The van der Waals surface area contributed by atoms with E-state index in [1.165, 1.54) is 6.08 Å². The van der Waals surface area contributed by atoms with Crippen LogP contribution in [0.5, 0.6) is 11.5 Å². The van der Waals surface area contributed by atoms with Crippen LogP contribution in [0.15, 0.2) is 36.6 Å². The van der Waals surface area contributed by atoms with Gasteiger partial charge in [-0.3, -0.25) is 4.79 Å². The Morgan fingerprint density at radius 3 is 2.13 bits per heavy atom. The molecule has 5 nitrogen and oxygen atoms in total. The van der Waals surface area contributed by atoms with Crippen LogP contribution >= 0.6 is 0 Å².